The Morgan fingerprint density at radius 3 is 2.90 bits per heavy atom. The first-order valence-corrected chi connectivity index (χ1v) is 6.66. The number of aromatic nitrogens is 5. The van der Waals surface area contributed by atoms with Gasteiger partial charge in [0.2, 0.25) is 0 Å². The lowest BCUT2D eigenvalue weighted by molar-refractivity contribution is -0.385. The predicted molar refractivity (Wildman–Crippen MR) is 70.2 cm³/mol. The standard InChI is InChI=1S/C10H9BrN6O3/c11-8-3-7(17(19)20)4-15(10(8)18)5-9-12-13-14-16(9)6-1-2-6/h3-4,6H,1-2,5H2. The highest BCUT2D eigenvalue weighted by molar-refractivity contribution is 9.10. The second-order valence-corrected chi connectivity index (χ2v) is 5.36. The summed E-state index contributed by atoms with van der Waals surface area (Å²) in [5, 5.41) is 22.2. The van der Waals surface area contributed by atoms with Crippen molar-refractivity contribution in [1.29, 1.82) is 0 Å². The van der Waals surface area contributed by atoms with Crippen LogP contribution in [0.3, 0.4) is 0 Å². The average molecular weight is 341 g/mol. The van der Waals surface area contributed by atoms with Crippen molar-refractivity contribution in [3.63, 3.8) is 0 Å². The second-order valence-electron chi connectivity index (χ2n) is 4.51. The Morgan fingerprint density at radius 2 is 2.25 bits per heavy atom. The van der Waals surface area contributed by atoms with E-state index in [2.05, 4.69) is 31.5 Å². The zero-order valence-corrected chi connectivity index (χ0v) is 11.7. The van der Waals surface area contributed by atoms with Gasteiger partial charge in [0.15, 0.2) is 5.82 Å². The summed E-state index contributed by atoms with van der Waals surface area (Å²) in [4.78, 5) is 22.3. The largest absolute Gasteiger partial charge is 0.300 e. The number of nitro groups is 1. The van der Waals surface area contributed by atoms with Crippen molar-refractivity contribution in [3.05, 3.63) is 43.0 Å². The summed E-state index contributed by atoms with van der Waals surface area (Å²) in [6.45, 7) is 0.0998. The normalized spacial score (nSPS) is 14.4. The van der Waals surface area contributed by atoms with Gasteiger partial charge >= 0.3 is 0 Å². The molecule has 1 aliphatic rings. The molecule has 2 aromatic rings. The number of halogens is 1. The monoisotopic (exact) mass is 340 g/mol. The van der Waals surface area contributed by atoms with Crippen molar-refractivity contribution in [2.75, 3.05) is 0 Å². The van der Waals surface area contributed by atoms with E-state index in [9.17, 15) is 14.9 Å². The lowest BCUT2D eigenvalue weighted by Crippen LogP contribution is -2.23. The van der Waals surface area contributed by atoms with Gasteiger partial charge in [-0.25, -0.2) is 4.68 Å². The summed E-state index contributed by atoms with van der Waals surface area (Å²) in [5.74, 6) is 0.516. The number of pyridine rings is 1. The van der Waals surface area contributed by atoms with Crippen LogP contribution >= 0.6 is 15.9 Å². The molecule has 10 heteroatoms. The van der Waals surface area contributed by atoms with E-state index in [0.29, 0.717) is 5.82 Å². The summed E-state index contributed by atoms with van der Waals surface area (Å²) in [6.07, 6.45) is 3.20. The van der Waals surface area contributed by atoms with Crippen molar-refractivity contribution < 1.29 is 4.92 Å². The van der Waals surface area contributed by atoms with E-state index in [1.54, 1.807) is 4.68 Å². The SMILES string of the molecule is O=c1c(Br)cc([N+](=O)[O-])cn1Cc1nnnn1C1CC1. The molecule has 0 unspecified atom stereocenters. The molecule has 2 aromatic heterocycles. The maximum absolute atomic E-state index is 12.0. The summed E-state index contributed by atoms with van der Waals surface area (Å²) >= 11 is 3.03. The Balaban J connectivity index is 1.99. The van der Waals surface area contributed by atoms with Crippen molar-refractivity contribution in [2.45, 2.75) is 25.4 Å². The van der Waals surface area contributed by atoms with Crippen LogP contribution in [-0.2, 0) is 6.54 Å². The Kier molecular flexibility index (Phi) is 3.08. The lowest BCUT2D eigenvalue weighted by Gasteiger charge is -2.06. The number of hydrogen-bond donors (Lipinski definition) is 0. The fourth-order valence-electron chi connectivity index (χ4n) is 1.87. The Hall–Kier alpha value is -2.10. The topological polar surface area (TPSA) is 109 Å². The van der Waals surface area contributed by atoms with Gasteiger partial charge in [0.1, 0.15) is 0 Å². The smallest absolute Gasteiger partial charge is 0.286 e. The molecule has 104 valence electrons. The predicted octanol–water partition coefficient (Wildman–Crippen LogP) is 0.889. The van der Waals surface area contributed by atoms with E-state index in [1.807, 2.05) is 0 Å². The third-order valence-electron chi connectivity index (χ3n) is 3.00. The van der Waals surface area contributed by atoms with Gasteiger partial charge in [-0.1, -0.05) is 0 Å². The van der Waals surface area contributed by atoms with Crippen LogP contribution in [0.4, 0.5) is 5.69 Å². The van der Waals surface area contributed by atoms with Crippen LogP contribution in [0.25, 0.3) is 0 Å². The maximum Gasteiger partial charge on any atom is 0.286 e. The Bertz CT molecular complexity index is 735. The van der Waals surface area contributed by atoms with E-state index >= 15 is 0 Å². The molecule has 0 saturated heterocycles. The number of tetrazole rings is 1. The third-order valence-corrected chi connectivity index (χ3v) is 3.57. The number of hydrogen-bond acceptors (Lipinski definition) is 6. The molecule has 0 bridgehead atoms. The summed E-state index contributed by atoms with van der Waals surface area (Å²) in [7, 11) is 0. The molecule has 0 aromatic carbocycles. The molecule has 2 heterocycles. The molecule has 0 aliphatic heterocycles. The quantitative estimate of drug-likeness (QED) is 0.603. The Labute approximate surface area is 120 Å². The van der Waals surface area contributed by atoms with Crippen LogP contribution in [0.1, 0.15) is 24.7 Å². The zero-order chi connectivity index (χ0) is 14.3. The van der Waals surface area contributed by atoms with Gasteiger partial charge in [-0.05, 0) is 39.2 Å². The van der Waals surface area contributed by atoms with E-state index < -0.39 is 4.92 Å². The highest BCUT2D eigenvalue weighted by Gasteiger charge is 2.28. The van der Waals surface area contributed by atoms with Gasteiger partial charge in [-0.3, -0.25) is 14.9 Å². The maximum atomic E-state index is 12.0. The third kappa shape index (κ3) is 2.33. The summed E-state index contributed by atoms with van der Waals surface area (Å²) < 4.78 is 3.03. The fourth-order valence-corrected chi connectivity index (χ4v) is 2.34. The van der Waals surface area contributed by atoms with Gasteiger partial charge in [0, 0.05) is 6.07 Å². The molecule has 0 atom stereocenters. The lowest BCUT2D eigenvalue weighted by atomic mass is 10.4. The van der Waals surface area contributed by atoms with Crippen LogP contribution in [0.15, 0.2) is 21.5 Å². The van der Waals surface area contributed by atoms with Crippen LogP contribution in [0, 0.1) is 10.1 Å². The van der Waals surface area contributed by atoms with Crippen molar-refractivity contribution in [2.24, 2.45) is 0 Å². The Morgan fingerprint density at radius 1 is 1.50 bits per heavy atom. The van der Waals surface area contributed by atoms with Gasteiger partial charge in [-0.2, -0.15) is 0 Å². The fraction of sp³-hybridized carbons (Fsp3) is 0.400. The van der Waals surface area contributed by atoms with E-state index in [0.717, 1.165) is 12.8 Å². The van der Waals surface area contributed by atoms with Crippen LogP contribution in [0.2, 0.25) is 0 Å². The van der Waals surface area contributed by atoms with Gasteiger partial charge in [-0.15, -0.1) is 5.10 Å². The molecular formula is C10H9BrN6O3. The van der Waals surface area contributed by atoms with Crippen molar-refractivity contribution >= 4 is 21.6 Å². The molecule has 1 aliphatic carbocycles. The van der Waals surface area contributed by atoms with Crippen LogP contribution in [-0.4, -0.2) is 29.7 Å². The minimum atomic E-state index is -0.551. The minimum absolute atomic E-state index is 0.0998. The zero-order valence-electron chi connectivity index (χ0n) is 10.1. The second kappa shape index (κ2) is 4.78. The first-order valence-electron chi connectivity index (χ1n) is 5.87. The van der Waals surface area contributed by atoms with E-state index in [1.165, 1.54) is 16.8 Å². The molecule has 9 nitrogen and oxygen atoms in total. The molecule has 3 rings (SSSR count). The van der Waals surface area contributed by atoms with Gasteiger partial charge in [0.25, 0.3) is 11.2 Å². The minimum Gasteiger partial charge on any atom is -0.300 e. The summed E-state index contributed by atoms with van der Waals surface area (Å²) in [5.41, 5.74) is -0.525. The molecule has 0 amide bonds. The van der Waals surface area contributed by atoms with Crippen molar-refractivity contribution in [3.8, 4) is 0 Å². The molecule has 0 radical (unpaired) electrons. The molecular weight excluding hydrogens is 332 g/mol. The van der Waals surface area contributed by atoms with E-state index in [4.69, 9.17) is 0 Å². The molecule has 1 saturated carbocycles. The highest BCUT2D eigenvalue weighted by Crippen LogP contribution is 2.34. The molecule has 0 N–H and O–H groups in total. The first-order chi connectivity index (χ1) is 9.56. The van der Waals surface area contributed by atoms with Crippen LogP contribution in [0.5, 0.6) is 0 Å². The van der Waals surface area contributed by atoms with Gasteiger partial charge in [0.05, 0.1) is 28.2 Å². The molecule has 20 heavy (non-hydrogen) atoms. The summed E-state index contributed by atoms with van der Waals surface area (Å²) in [6, 6.07) is 1.46. The number of nitrogens with zero attached hydrogens (tertiary/aromatic N) is 6. The average Bonchev–Trinajstić information content (AvgIpc) is 3.15. The van der Waals surface area contributed by atoms with Crippen molar-refractivity contribution in [1.82, 2.24) is 24.8 Å². The van der Waals surface area contributed by atoms with E-state index in [-0.39, 0.29) is 28.3 Å². The number of rotatable bonds is 4. The molecule has 0 spiro atoms. The van der Waals surface area contributed by atoms with Crippen LogP contribution < -0.4 is 5.56 Å². The highest BCUT2D eigenvalue weighted by atomic mass is 79.9. The van der Waals surface area contributed by atoms with Gasteiger partial charge < -0.3 is 4.57 Å². The molecule has 1 fully saturated rings. The first kappa shape index (κ1) is 12.9.